The van der Waals surface area contributed by atoms with Gasteiger partial charge in [0.15, 0.2) is 5.76 Å². The fraction of sp³-hybridized carbons (Fsp3) is 0.583. The van der Waals surface area contributed by atoms with Gasteiger partial charge in [-0.1, -0.05) is 5.16 Å². The zero-order chi connectivity index (χ0) is 13.5. The van der Waals surface area contributed by atoms with Crippen LogP contribution in [-0.2, 0) is 16.1 Å². The van der Waals surface area contributed by atoms with Gasteiger partial charge in [-0.3, -0.25) is 9.59 Å². The fourth-order valence-corrected chi connectivity index (χ4v) is 2.01. The van der Waals surface area contributed by atoms with E-state index in [4.69, 9.17) is 4.52 Å². The molecule has 1 saturated heterocycles. The minimum absolute atomic E-state index is 0.122. The maximum absolute atomic E-state index is 12.3. The maximum atomic E-state index is 12.3. The van der Waals surface area contributed by atoms with E-state index in [2.05, 4.69) is 10.5 Å². The number of carbonyl (C=O) groups is 2. The molecule has 1 fully saturated rings. The monoisotopic (exact) mass is 251 g/mol. The molecule has 2 rings (SSSR count). The normalized spacial score (nSPS) is 23.1. The van der Waals surface area contributed by atoms with Crippen molar-refractivity contribution in [2.45, 2.75) is 45.8 Å². The second-order valence-electron chi connectivity index (χ2n) is 5.16. The highest BCUT2D eigenvalue weighted by atomic mass is 16.5. The van der Waals surface area contributed by atoms with E-state index < -0.39 is 11.6 Å². The molecule has 2 heterocycles. The Hall–Kier alpha value is -1.85. The van der Waals surface area contributed by atoms with Crippen LogP contribution in [0, 0.1) is 6.92 Å². The van der Waals surface area contributed by atoms with Crippen LogP contribution in [0.1, 0.15) is 32.2 Å². The topological polar surface area (TPSA) is 75.4 Å². The van der Waals surface area contributed by atoms with Gasteiger partial charge in [0, 0.05) is 6.07 Å². The standard InChI is InChI=1S/C12H17N3O3/c1-7-5-9(18-14-7)6-15-8(2)10(16)13-12(3,4)11(15)17/h5,8H,6H2,1-4H3,(H,13,16). The Kier molecular flexibility index (Phi) is 2.88. The van der Waals surface area contributed by atoms with Crippen LogP contribution in [0.15, 0.2) is 10.6 Å². The number of nitrogens with one attached hydrogen (secondary N) is 1. The molecule has 98 valence electrons. The summed E-state index contributed by atoms with van der Waals surface area (Å²) in [5.41, 5.74) is -0.121. The lowest BCUT2D eigenvalue weighted by molar-refractivity contribution is -0.153. The number of aryl methyl sites for hydroxylation is 1. The number of hydrogen-bond donors (Lipinski definition) is 1. The summed E-state index contributed by atoms with van der Waals surface area (Å²) < 4.78 is 5.09. The second kappa shape index (κ2) is 4.12. The summed E-state index contributed by atoms with van der Waals surface area (Å²) in [6.45, 7) is 7.16. The van der Waals surface area contributed by atoms with Crippen molar-refractivity contribution in [1.82, 2.24) is 15.4 Å². The molecular weight excluding hydrogens is 234 g/mol. The van der Waals surface area contributed by atoms with Crippen LogP contribution < -0.4 is 5.32 Å². The van der Waals surface area contributed by atoms with E-state index >= 15 is 0 Å². The number of rotatable bonds is 2. The molecule has 1 N–H and O–H groups in total. The molecule has 0 radical (unpaired) electrons. The van der Waals surface area contributed by atoms with Crippen molar-refractivity contribution in [2.75, 3.05) is 0 Å². The highest BCUT2D eigenvalue weighted by molar-refractivity contribution is 5.98. The van der Waals surface area contributed by atoms with E-state index in [1.165, 1.54) is 4.90 Å². The first kappa shape index (κ1) is 12.6. The summed E-state index contributed by atoms with van der Waals surface area (Å²) in [5.74, 6) is 0.303. The third-order valence-corrected chi connectivity index (χ3v) is 3.08. The molecule has 1 aromatic heterocycles. The number of hydrogen-bond acceptors (Lipinski definition) is 4. The predicted molar refractivity (Wildman–Crippen MR) is 63.5 cm³/mol. The first-order chi connectivity index (χ1) is 8.31. The lowest BCUT2D eigenvalue weighted by Gasteiger charge is -2.41. The molecule has 6 nitrogen and oxygen atoms in total. The van der Waals surface area contributed by atoms with Crippen LogP contribution in [0.4, 0.5) is 0 Å². The third-order valence-electron chi connectivity index (χ3n) is 3.08. The molecular formula is C12H17N3O3. The van der Waals surface area contributed by atoms with E-state index in [-0.39, 0.29) is 18.4 Å². The van der Waals surface area contributed by atoms with E-state index in [9.17, 15) is 9.59 Å². The van der Waals surface area contributed by atoms with Gasteiger partial charge in [-0.15, -0.1) is 0 Å². The zero-order valence-corrected chi connectivity index (χ0v) is 11.0. The van der Waals surface area contributed by atoms with Crippen molar-refractivity contribution in [2.24, 2.45) is 0 Å². The summed E-state index contributed by atoms with van der Waals surface area (Å²) in [5, 5.41) is 6.47. The second-order valence-corrected chi connectivity index (χ2v) is 5.16. The number of amides is 2. The summed E-state index contributed by atoms with van der Waals surface area (Å²) in [4.78, 5) is 25.6. The molecule has 0 bridgehead atoms. The summed E-state index contributed by atoms with van der Waals surface area (Å²) >= 11 is 0. The van der Waals surface area contributed by atoms with E-state index in [1.807, 2.05) is 6.92 Å². The number of carbonyl (C=O) groups excluding carboxylic acids is 2. The Morgan fingerprint density at radius 2 is 2.17 bits per heavy atom. The molecule has 1 unspecified atom stereocenters. The Morgan fingerprint density at radius 3 is 2.72 bits per heavy atom. The molecule has 1 aliphatic rings. The van der Waals surface area contributed by atoms with Crippen molar-refractivity contribution < 1.29 is 14.1 Å². The Bertz CT molecular complexity index is 493. The summed E-state index contributed by atoms with van der Waals surface area (Å²) in [6.07, 6.45) is 0. The lowest BCUT2D eigenvalue weighted by atomic mass is 9.97. The maximum Gasteiger partial charge on any atom is 0.248 e. The first-order valence-electron chi connectivity index (χ1n) is 5.86. The smallest absolute Gasteiger partial charge is 0.248 e. The first-order valence-corrected chi connectivity index (χ1v) is 5.86. The van der Waals surface area contributed by atoms with Gasteiger partial charge in [0.05, 0.1) is 12.2 Å². The molecule has 1 atom stereocenters. The molecule has 1 aromatic rings. The minimum atomic E-state index is -0.876. The number of nitrogens with zero attached hydrogens (tertiary/aromatic N) is 2. The van der Waals surface area contributed by atoms with Crippen molar-refractivity contribution >= 4 is 11.8 Å². The highest BCUT2D eigenvalue weighted by Crippen LogP contribution is 2.20. The van der Waals surface area contributed by atoms with Crippen molar-refractivity contribution in [1.29, 1.82) is 0 Å². The van der Waals surface area contributed by atoms with E-state index in [0.717, 1.165) is 5.69 Å². The fourth-order valence-electron chi connectivity index (χ4n) is 2.01. The molecule has 0 spiro atoms. The van der Waals surface area contributed by atoms with Gasteiger partial charge < -0.3 is 14.7 Å². The number of aromatic nitrogens is 1. The van der Waals surface area contributed by atoms with Gasteiger partial charge >= 0.3 is 0 Å². The van der Waals surface area contributed by atoms with Crippen molar-refractivity contribution in [3.8, 4) is 0 Å². The molecule has 0 aromatic carbocycles. The molecule has 1 aliphatic heterocycles. The SMILES string of the molecule is Cc1cc(CN2C(=O)C(C)(C)NC(=O)C2C)on1. The molecule has 2 amide bonds. The molecule has 18 heavy (non-hydrogen) atoms. The summed E-state index contributed by atoms with van der Waals surface area (Å²) in [7, 11) is 0. The van der Waals surface area contributed by atoms with Gasteiger partial charge in [0.1, 0.15) is 11.6 Å². The quantitative estimate of drug-likeness (QED) is 0.835. The summed E-state index contributed by atoms with van der Waals surface area (Å²) in [6, 6.07) is 1.26. The molecule has 0 aliphatic carbocycles. The molecule has 0 saturated carbocycles. The molecule has 6 heteroatoms. The van der Waals surface area contributed by atoms with Gasteiger partial charge in [-0.2, -0.15) is 0 Å². The van der Waals surface area contributed by atoms with E-state index in [0.29, 0.717) is 5.76 Å². The van der Waals surface area contributed by atoms with Gasteiger partial charge in [0.25, 0.3) is 0 Å². The Balaban J connectivity index is 2.23. The average molecular weight is 251 g/mol. The highest BCUT2D eigenvalue weighted by Gasteiger charge is 2.43. The van der Waals surface area contributed by atoms with Crippen molar-refractivity contribution in [3.63, 3.8) is 0 Å². The third kappa shape index (κ3) is 2.10. The van der Waals surface area contributed by atoms with Gasteiger partial charge in [0.2, 0.25) is 11.8 Å². The zero-order valence-electron chi connectivity index (χ0n) is 11.0. The van der Waals surface area contributed by atoms with Crippen LogP contribution in [0.3, 0.4) is 0 Å². The predicted octanol–water partition coefficient (Wildman–Crippen LogP) is 0.609. The van der Waals surface area contributed by atoms with Crippen LogP contribution >= 0.6 is 0 Å². The lowest BCUT2D eigenvalue weighted by Crippen LogP contribution is -2.66. The largest absolute Gasteiger partial charge is 0.359 e. The Morgan fingerprint density at radius 1 is 1.50 bits per heavy atom. The van der Waals surface area contributed by atoms with Crippen LogP contribution in [0.2, 0.25) is 0 Å². The van der Waals surface area contributed by atoms with E-state index in [1.54, 1.807) is 26.8 Å². The average Bonchev–Trinajstić information content (AvgIpc) is 2.67. The van der Waals surface area contributed by atoms with Crippen LogP contribution in [-0.4, -0.2) is 33.5 Å². The Labute approximate surface area is 105 Å². The van der Waals surface area contributed by atoms with Gasteiger partial charge in [-0.25, -0.2) is 0 Å². The minimum Gasteiger partial charge on any atom is -0.359 e. The van der Waals surface area contributed by atoms with Crippen molar-refractivity contribution in [3.05, 3.63) is 17.5 Å². The van der Waals surface area contributed by atoms with Crippen LogP contribution in [0.5, 0.6) is 0 Å². The van der Waals surface area contributed by atoms with Gasteiger partial charge in [-0.05, 0) is 27.7 Å². The van der Waals surface area contributed by atoms with Crippen LogP contribution in [0.25, 0.3) is 0 Å². The number of piperazine rings is 1.